The summed E-state index contributed by atoms with van der Waals surface area (Å²) in [4.78, 5) is 29.1. The molecule has 0 heterocycles. The van der Waals surface area contributed by atoms with Crippen LogP contribution in [0.3, 0.4) is 0 Å². The Hall–Kier alpha value is -3.37. The quantitative estimate of drug-likeness (QED) is 0.255. The van der Waals surface area contributed by atoms with E-state index in [0.29, 0.717) is 24.5 Å². The number of hydrogen-bond donors (Lipinski definition) is 1. The normalized spacial score (nSPS) is 12.4. The van der Waals surface area contributed by atoms with E-state index in [1.807, 2.05) is 65.8 Å². The molecule has 0 bridgehead atoms. The fourth-order valence-corrected chi connectivity index (χ4v) is 6.08. The Kier molecular flexibility index (Phi) is 11.2. The molecule has 226 valence electrons. The van der Waals surface area contributed by atoms with Gasteiger partial charge in [-0.2, -0.15) is 0 Å². The highest BCUT2D eigenvalue weighted by atomic mass is 79.9. The fraction of sp³-hybridized carbons (Fsp3) is 0.375. The number of sulfonamides is 1. The van der Waals surface area contributed by atoms with Gasteiger partial charge in [-0.15, -0.1) is 0 Å². The third-order valence-electron chi connectivity index (χ3n) is 6.47. The van der Waals surface area contributed by atoms with Gasteiger partial charge in [0.15, 0.2) is 0 Å². The van der Waals surface area contributed by atoms with Crippen LogP contribution in [0.15, 0.2) is 82.2 Å². The van der Waals surface area contributed by atoms with Crippen LogP contribution >= 0.6 is 15.9 Å². The van der Waals surface area contributed by atoms with Crippen LogP contribution in [0, 0.1) is 6.92 Å². The monoisotopic (exact) mass is 657 g/mol. The van der Waals surface area contributed by atoms with Crippen molar-refractivity contribution in [3.05, 3.63) is 88.4 Å². The van der Waals surface area contributed by atoms with Crippen LogP contribution in [0.4, 0.5) is 5.69 Å². The molecule has 3 rings (SSSR count). The van der Waals surface area contributed by atoms with Gasteiger partial charge in [0.25, 0.3) is 10.0 Å². The first-order valence-corrected chi connectivity index (χ1v) is 16.2. The highest BCUT2D eigenvalue weighted by molar-refractivity contribution is 9.10. The molecule has 10 heteroatoms. The van der Waals surface area contributed by atoms with E-state index in [2.05, 4.69) is 21.2 Å². The first-order valence-electron chi connectivity index (χ1n) is 13.9. The van der Waals surface area contributed by atoms with Gasteiger partial charge in [0, 0.05) is 16.6 Å². The first-order chi connectivity index (χ1) is 19.7. The Morgan fingerprint density at radius 2 is 1.52 bits per heavy atom. The molecule has 1 N–H and O–H groups in total. The van der Waals surface area contributed by atoms with Gasteiger partial charge in [0.2, 0.25) is 11.8 Å². The van der Waals surface area contributed by atoms with Crippen molar-refractivity contribution >= 4 is 43.5 Å². The van der Waals surface area contributed by atoms with Crippen LogP contribution in [0.5, 0.6) is 5.75 Å². The van der Waals surface area contributed by atoms with Crippen LogP contribution in [-0.2, 0) is 26.2 Å². The van der Waals surface area contributed by atoms with Gasteiger partial charge in [0.1, 0.15) is 18.3 Å². The molecule has 0 aliphatic carbocycles. The van der Waals surface area contributed by atoms with Crippen molar-refractivity contribution in [2.24, 2.45) is 0 Å². The summed E-state index contributed by atoms with van der Waals surface area (Å²) < 4.78 is 35.4. The topological polar surface area (TPSA) is 96.0 Å². The Morgan fingerprint density at radius 3 is 2.05 bits per heavy atom. The van der Waals surface area contributed by atoms with Crippen molar-refractivity contribution in [1.82, 2.24) is 10.2 Å². The number of carbonyl (C=O) groups excluding carboxylic acids is 2. The molecular formula is C32H40BrN3O5S. The highest BCUT2D eigenvalue weighted by Gasteiger charge is 2.34. The minimum atomic E-state index is -4.16. The summed E-state index contributed by atoms with van der Waals surface area (Å²) in [6, 6.07) is 19.7. The van der Waals surface area contributed by atoms with Crippen LogP contribution in [0.2, 0.25) is 0 Å². The zero-order valence-electron chi connectivity index (χ0n) is 25.1. The molecule has 1 atom stereocenters. The summed E-state index contributed by atoms with van der Waals surface area (Å²) in [7, 11) is -4.16. The molecule has 3 aromatic rings. The summed E-state index contributed by atoms with van der Waals surface area (Å²) in [5.74, 6) is -0.214. The van der Waals surface area contributed by atoms with Crippen molar-refractivity contribution < 1.29 is 22.7 Å². The van der Waals surface area contributed by atoms with E-state index in [4.69, 9.17) is 4.74 Å². The summed E-state index contributed by atoms with van der Waals surface area (Å²) in [5.41, 5.74) is 1.69. The molecule has 3 aromatic carbocycles. The molecule has 42 heavy (non-hydrogen) atoms. The van der Waals surface area contributed by atoms with Crippen LogP contribution < -0.4 is 14.4 Å². The number of hydrogen-bond acceptors (Lipinski definition) is 5. The lowest BCUT2D eigenvalue weighted by Crippen LogP contribution is -2.55. The number of benzene rings is 3. The minimum absolute atomic E-state index is 0.0370. The second-order valence-electron chi connectivity index (χ2n) is 11.1. The maximum atomic E-state index is 14.2. The van der Waals surface area contributed by atoms with Gasteiger partial charge in [0.05, 0.1) is 17.2 Å². The number of nitrogens with zero attached hydrogens (tertiary/aromatic N) is 2. The standard InChI is InChI=1S/C32H40BrN3O5S/c1-7-29(31(38)34-32(4,5)6)35(21-24-11-9-23(3)10-12-24)30(37)22-36(26-15-17-27(18-16-26)41-8-2)42(39,40)28-19-13-25(33)14-20-28/h9-20,29H,7-8,21-22H2,1-6H3,(H,34,38). The minimum Gasteiger partial charge on any atom is -0.494 e. The van der Waals surface area contributed by atoms with Crippen molar-refractivity contribution in [3.63, 3.8) is 0 Å². The largest absolute Gasteiger partial charge is 0.494 e. The Balaban J connectivity index is 2.07. The SMILES string of the molecule is CCOc1ccc(N(CC(=O)N(Cc2ccc(C)cc2)C(CC)C(=O)NC(C)(C)C)S(=O)(=O)c2ccc(Br)cc2)cc1. The maximum absolute atomic E-state index is 14.2. The first kappa shape index (κ1) is 33.1. The average molecular weight is 659 g/mol. The second-order valence-corrected chi connectivity index (χ2v) is 13.8. The van der Waals surface area contributed by atoms with Crippen LogP contribution in [0.25, 0.3) is 0 Å². The lowest BCUT2D eigenvalue weighted by Gasteiger charge is -2.34. The van der Waals surface area contributed by atoms with Gasteiger partial charge >= 0.3 is 0 Å². The number of anilines is 1. The van der Waals surface area contributed by atoms with Crippen LogP contribution in [0.1, 0.15) is 52.2 Å². The molecule has 0 aromatic heterocycles. The van der Waals surface area contributed by atoms with Crippen LogP contribution in [-0.4, -0.2) is 49.9 Å². The number of nitrogens with one attached hydrogen (secondary N) is 1. The molecule has 0 aliphatic heterocycles. The predicted octanol–water partition coefficient (Wildman–Crippen LogP) is 6.07. The predicted molar refractivity (Wildman–Crippen MR) is 170 cm³/mol. The van der Waals surface area contributed by atoms with E-state index in [1.165, 1.54) is 17.0 Å². The fourth-order valence-electron chi connectivity index (χ4n) is 4.40. The third kappa shape index (κ3) is 8.82. The van der Waals surface area contributed by atoms with Crippen molar-refractivity contribution in [2.75, 3.05) is 17.5 Å². The molecule has 2 amide bonds. The molecule has 0 aliphatic rings. The number of halogens is 1. The summed E-state index contributed by atoms with van der Waals surface area (Å²) in [6.45, 7) is 11.4. The van der Waals surface area contributed by atoms with Gasteiger partial charge < -0.3 is 15.0 Å². The van der Waals surface area contributed by atoms with E-state index in [1.54, 1.807) is 36.4 Å². The molecular weight excluding hydrogens is 618 g/mol. The van der Waals surface area contributed by atoms with Gasteiger partial charge in [-0.25, -0.2) is 8.42 Å². The van der Waals surface area contributed by atoms with E-state index in [-0.39, 0.29) is 17.3 Å². The summed E-state index contributed by atoms with van der Waals surface area (Å²) >= 11 is 3.35. The van der Waals surface area contributed by atoms with Crippen molar-refractivity contribution in [3.8, 4) is 5.75 Å². The van der Waals surface area contributed by atoms with E-state index in [0.717, 1.165) is 19.9 Å². The highest BCUT2D eigenvalue weighted by Crippen LogP contribution is 2.28. The molecule has 0 radical (unpaired) electrons. The summed E-state index contributed by atoms with van der Waals surface area (Å²) in [6.07, 6.45) is 0.349. The van der Waals surface area contributed by atoms with E-state index >= 15 is 0 Å². The van der Waals surface area contributed by atoms with Gasteiger partial charge in [-0.1, -0.05) is 52.7 Å². The lowest BCUT2D eigenvalue weighted by atomic mass is 10.1. The van der Waals surface area contributed by atoms with E-state index in [9.17, 15) is 18.0 Å². The van der Waals surface area contributed by atoms with Crippen molar-refractivity contribution in [1.29, 1.82) is 0 Å². The molecule has 0 spiro atoms. The molecule has 1 unspecified atom stereocenters. The number of rotatable bonds is 12. The van der Waals surface area contributed by atoms with E-state index < -0.39 is 34.1 Å². The molecule has 0 fully saturated rings. The molecule has 0 saturated heterocycles. The average Bonchev–Trinajstić information content (AvgIpc) is 2.92. The Morgan fingerprint density at radius 1 is 0.929 bits per heavy atom. The number of aryl methyl sites for hydroxylation is 1. The van der Waals surface area contributed by atoms with Gasteiger partial charge in [-0.3, -0.25) is 13.9 Å². The number of amides is 2. The third-order valence-corrected chi connectivity index (χ3v) is 8.79. The maximum Gasteiger partial charge on any atom is 0.264 e. The molecule has 0 saturated carbocycles. The Bertz CT molecular complexity index is 1450. The van der Waals surface area contributed by atoms with Crippen molar-refractivity contribution in [2.45, 2.75) is 71.0 Å². The Labute approximate surface area is 258 Å². The number of ether oxygens (including phenoxy) is 1. The molecule has 8 nitrogen and oxygen atoms in total. The van der Waals surface area contributed by atoms with Gasteiger partial charge in [-0.05, 0) is 95.1 Å². The lowest BCUT2D eigenvalue weighted by molar-refractivity contribution is -0.141. The zero-order valence-corrected chi connectivity index (χ0v) is 27.5. The zero-order chi connectivity index (χ0) is 31.1. The summed E-state index contributed by atoms with van der Waals surface area (Å²) in [5, 5.41) is 2.98. The smallest absolute Gasteiger partial charge is 0.264 e. The second kappa shape index (κ2) is 14.2. The number of carbonyl (C=O) groups is 2.